The van der Waals surface area contributed by atoms with Crippen molar-refractivity contribution in [3.05, 3.63) is 29.6 Å². The van der Waals surface area contributed by atoms with Crippen molar-refractivity contribution in [1.82, 2.24) is 0 Å². The van der Waals surface area contributed by atoms with E-state index in [0.717, 1.165) is 19.3 Å². The monoisotopic (exact) mass is 236 g/mol. The average Bonchev–Trinajstić information content (AvgIpc) is 2.74. The molecule has 0 spiro atoms. The summed E-state index contributed by atoms with van der Waals surface area (Å²) < 4.78 is 18.3. The fourth-order valence-corrected chi connectivity index (χ4v) is 2.61. The average molecular weight is 236 g/mol. The molecule has 0 heterocycles. The van der Waals surface area contributed by atoms with E-state index in [-0.39, 0.29) is 17.5 Å². The fourth-order valence-electron chi connectivity index (χ4n) is 2.61. The number of benzene rings is 1. The van der Waals surface area contributed by atoms with Gasteiger partial charge in [-0.15, -0.1) is 0 Å². The molecule has 1 saturated carbocycles. The summed E-state index contributed by atoms with van der Waals surface area (Å²) in [5.41, 5.74) is 0.381. The minimum Gasteiger partial charge on any atom is -0.496 e. The first kappa shape index (κ1) is 12.1. The smallest absolute Gasteiger partial charge is 0.170 e. The van der Waals surface area contributed by atoms with Crippen molar-refractivity contribution in [3.8, 4) is 5.75 Å². The van der Waals surface area contributed by atoms with Crippen LogP contribution in [-0.4, -0.2) is 12.9 Å². The molecule has 0 saturated heterocycles. The van der Waals surface area contributed by atoms with Gasteiger partial charge in [-0.05, 0) is 37.0 Å². The number of hydrogen-bond acceptors (Lipinski definition) is 2. The van der Waals surface area contributed by atoms with Crippen LogP contribution in [0.15, 0.2) is 18.2 Å². The Morgan fingerprint density at radius 1 is 1.41 bits per heavy atom. The Hall–Kier alpha value is -1.38. The molecule has 2 unspecified atom stereocenters. The molecule has 0 radical (unpaired) electrons. The van der Waals surface area contributed by atoms with Crippen LogP contribution < -0.4 is 4.74 Å². The molecule has 1 aliphatic rings. The summed E-state index contributed by atoms with van der Waals surface area (Å²) in [6.45, 7) is 2.08. The molecule has 1 aromatic carbocycles. The highest BCUT2D eigenvalue weighted by Crippen LogP contribution is 2.35. The molecule has 1 fully saturated rings. The van der Waals surface area contributed by atoms with Gasteiger partial charge >= 0.3 is 0 Å². The van der Waals surface area contributed by atoms with E-state index in [0.29, 0.717) is 17.2 Å². The Morgan fingerprint density at radius 3 is 2.76 bits per heavy atom. The highest BCUT2D eigenvalue weighted by atomic mass is 19.1. The second kappa shape index (κ2) is 4.86. The molecule has 0 aromatic heterocycles. The number of hydrogen-bond donors (Lipinski definition) is 0. The summed E-state index contributed by atoms with van der Waals surface area (Å²) in [5.74, 6) is 0.503. The first-order valence-corrected chi connectivity index (χ1v) is 6.01. The van der Waals surface area contributed by atoms with E-state index in [9.17, 15) is 9.18 Å². The van der Waals surface area contributed by atoms with E-state index in [2.05, 4.69) is 6.92 Å². The van der Waals surface area contributed by atoms with E-state index in [1.165, 1.54) is 25.3 Å². The topological polar surface area (TPSA) is 26.3 Å². The summed E-state index contributed by atoms with van der Waals surface area (Å²) in [4.78, 5) is 12.3. The highest BCUT2D eigenvalue weighted by molar-refractivity contribution is 6.00. The van der Waals surface area contributed by atoms with Crippen LogP contribution in [0.4, 0.5) is 4.39 Å². The maximum Gasteiger partial charge on any atom is 0.170 e. The number of Topliss-reactive ketones (excluding diaryl/α,β-unsaturated/α-hetero) is 1. The summed E-state index contributed by atoms with van der Waals surface area (Å²) >= 11 is 0. The Labute approximate surface area is 101 Å². The van der Waals surface area contributed by atoms with Crippen LogP contribution in [0.5, 0.6) is 5.75 Å². The molecule has 17 heavy (non-hydrogen) atoms. The van der Waals surface area contributed by atoms with Crippen molar-refractivity contribution in [2.45, 2.75) is 26.2 Å². The van der Waals surface area contributed by atoms with Crippen LogP contribution in [-0.2, 0) is 0 Å². The summed E-state index contributed by atoms with van der Waals surface area (Å²) in [6, 6.07) is 4.11. The minimum atomic E-state index is -0.389. The predicted octanol–water partition coefficient (Wildman–Crippen LogP) is 3.45. The number of halogens is 1. The zero-order chi connectivity index (χ0) is 12.4. The van der Waals surface area contributed by atoms with Gasteiger partial charge in [-0.3, -0.25) is 4.79 Å². The van der Waals surface area contributed by atoms with Gasteiger partial charge in [0.1, 0.15) is 11.6 Å². The van der Waals surface area contributed by atoms with Gasteiger partial charge in [0, 0.05) is 5.92 Å². The Bertz CT molecular complexity index is 428. The van der Waals surface area contributed by atoms with E-state index < -0.39 is 0 Å². The SMILES string of the molecule is COc1ccc(F)cc1C(=O)C1CCCC1C. The van der Waals surface area contributed by atoms with Crippen LogP contribution in [0.2, 0.25) is 0 Å². The molecule has 3 heteroatoms. The number of carbonyl (C=O) groups is 1. The van der Waals surface area contributed by atoms with Crippen LogP contribution in [0.25, 0.3) is 0 Å². The maximum atomic E-state index is 13.2. The normalized spacial score (nSPS) is 23.7. The largest absolute Gasteiger partial charge is 0.496 e. The lowest BCUT2D eigenvalue weighted by molar-refractivity contribution is 0.0893. The van der Waals surface area contributed by atoms with Gasteiger partial charge in [-0.1, -0.05) is 13.3 Å². The minimum absolute atomic E-state index is 0.0192. The molecule has 0 aliphatic heterocycles. The van der Waals surface area contributed by atoms with Crippen molar-refractivity contribution in [2.24, 2.45) is 11.8 Å². The molecular weight excluding hydrogens is 219 g/mol. The third-order valence-corrected chi connectivity index (χ3v) is 3.63. The zero-order valence-electron chi connectivity index (χ0n) is 10.2. The molecule has 2 atom stereocenters. The lowest BCUT2D eigenvalue weighted by atomic mass is 9.89. The van der Waals surface area contributed by atoms with Crippen LogP contribution in [0.1, 0.15) is 36.5 Å². The Kier molecular flexibility index (Phi) is 3.46. The second-order valence-electron chi connectivity index (χ2n) is 4.72. The van der Waals surface area contributed by atoms with Crippen molar-refractivity contribution in [2.75, 3.05) is 7.11 Å². The predicted molar refractivity (Wildman–Crippen MR) is 63.8 cm³/mol. The van der Waals surface area contributed by atoms with E-state index in [4.69, 9.17) is 4.74 Å². The lowest BCUT2D eigenvalue weighted by Crippen LogP contribution is -2.18. The number of carbonyl (C=O) groups excluding carboxylic acids is 1. The molecule has 1 aromatic rings. The summed E-state index contributed by atoms with van der Waals surface area (Å²) in [7, 11) is 1.50. The van der Waals surface area contributed by atoms with Gasteiger partial charge in [0.2, 0.25) is 0 Å². The number of ether oxygens (including phenoxy) is 1. The van der Waals surface area contributed by atoms with Gasteiger partial charge < -0.3 is 4.74 Å². The quantitative estimate of drug-likeness (QED) is 0.751. The molecule has 2 nitrogen and oxygen atoms in total. The maximum absolute atomic E-state index is 13.2. The van der Waals surface area contributed by atoms with Crippen molar-refractivity contribution in [3.63, 3.8) is 0 Å². The van der Waals surface area contributed by atoms with Crippen LogP contribution >= 0.6 is 0 Å². The van der Waals surface area contributed by atoms with Crippen LogP contribution in [0, 0.1) is 17.7 Å². The van der Waals surface area contributed by atoms with E-state index >= 15 is 0 Å². The highest BCUT2D eigenvalue weighted by Gasteiger charge is 2.31. The first-order chi connectivity index (χ1) is 8.13. The molecular formula is C14H17FO2. The van der Waals surface area contributed by atoms with Crippen molar-refractivity contribution < 1.29 is 13.9 Å². The third kappa shape index (κ3) is 2.33. The van der Waals surface area contributed by atoms with Crippen LogP contribution in [0.3, 0.4) is 0 Å². The molecule has 1 aliphatic carbocycles. The molecule has 92 valence electrons. The van der Waals surface area contributed by atoms with Gasteiger partial charge in [-0.2, -0.15) is 0 Å². The third-order valence-electron chi connectivity index (χ3n) is 3.63. The molecule has 0 N–H and O–H groups in total. The number of methoxy groups -OCH3 is 1. The van der Waals surface area contributed by atoms with Gasteiger partial charge in [0.25, 0.3) is 0 Å². The zero-order valence-corrected chi connectivity index (χ0v) is 10.2. The number of rotatable bonds is 3. The lowest BCUT2D eigenvalue weighted by Gasteiger charge is -2.15. The summed E-state index contributed by atoms with van der Waals surface area (Å²) in [5, 5.41) is 0. The summed E-state index contributed by atoms with van der Waals surface area (Å²) in [6.07, 6.45) is 3.06. The van der Waals surface area contributed by atoms with E-state index in [1.54, 1.807) is 0 Å². The van der Waals surface area contributed by atoms with Gasteiger partial charge in [-0.25, -0.2) is 4.39 Å². The van der Waals surface area contributed by atoms with Gasteiger partial charge in [0.05, 0.1) is 12.7 Å². The van der Waals surface area contributed by atoms with Crippen molar-refractivity contribution in [1.29, 1.82) is 0 Å². The Balaban J connectivity index is 2.32. The second-order valence-corrected chi connectivity index (χ2v) is 4.72. The molecule has 0 bridgehead atoms. The standard InChI is InChI=1S/C14H17FO2/c1-9-4-3-5-11(9)14(16)12-8-10(15)6-7-13(12)17-2/h6-9,11H,3-5H2,1-2H3. The van der Waals surface area contributed by atoms with E-state index in [1.807, 2.05) is 0 Å². The molecule has 2 rings (SSSR count). The number of ketones is 1. The first-order valence-electron chi connectivity index (χ1n) is 6.01. The van der Waals surface area contributed by atoms with Crippen molar-refractivity contribution >= 4 is 5.78 Å². The molecule has 0 amide bonds. The Morgan fingerprint density at radius 2 is 2.18 bits per heavy atom. The van der Waals surface area contributed by atoms with Gasteiger partial charge in [0.15, 0.2) is 5.78 Å². The fraction of sp³-hybridized carbons (Fsp3) is 0.500.